The summed E-state index contributed by atoms with van der Waals surface area (Å²) >= 11 is 0. The second kappa shape index (κ2) is 4.16. The van der Waals surface area contributed by atoms with Gasteiger partial charge in [0.15, 0.2) is 0 Å². The molecule has 0 atom stereocenters. The van der Waals surface area contributed by atoms with Crippen LogP contribution in [0.5, 0.6) is 0 Å². The molecular weight excluding hydrogens is 232 g/mol. The van der Waals surface area contributed by atoms with Crippen molar-refractivity contribution in [3.05, 3.63) is 23.8 Å². The normalized spacial score (nSPS) is 21.4. The third-order valence-electron chi connectivity index (χ3n) is 5.03. The maximum atomic E-state index is 3.70. The highest BCUT2D eigenvalue weighted by molar-refractivity contribution is 5.78. The number of hydrogen-bond acceptors (Lipinski definition) is 2. The highest BCUT2D eigenvalue weighted by Crippen LogP contribution is 2.47. The molecule has 0 saturated heterocycles. The van der Waals surface area contributed by atoms with Crippen LogP contribution in [0.25, 0.3) is 0 Å². The van der Waals surface area contributed by atoms with Crippen molar-refractivity contribution in [2.45, 2.75) is 57.4 Å². The maximum Gasteiger partial charge on any atom is 0.0642 e. The van der Waals surface area contributed by atoms with Gasteiger partial charge < -0.3 is 10.2 Å². The number of hydrogen-bond donors (Lipinski definition) is 1. The molecule has 2 aliphatic rings. The zero-order valence-electron chi connectivity index (χ0n) is 12.7. The van der Waals surface area contributed by atoms with Crippen LogP contribution in [0.1, 0.15) is 52.0 Å². The zero-order valence-corrected chi connectivity index (χ0v) is 12.7. The third kappa shape index (κ3) is 1.92. The second-order valence-corrected chi connectivity index (χ2v) is 7.30. The second-order valence-electron chi connectivity index (χ2n) is 7.30. The number of nitrogens with zero attached hydrogens (tertiary/aromatic N) is 1. The van der Waals surface area contributed by atoms with E-state index in [0.29, 0.717) is 5.54 Å². The first kappa shape index (κ1) is 12.8. The van der Waals surface area contributed by atoms with E-state index in [1.807, 2.05) is 0 Å². The van der Waals surface area contributed by atoms with Gasteiger partial charge in [-0.3, -0.25) is 0 Å². The molecule has 0 unspecified atom stereocenters. The van der Waals surface area contributed by atoms with Gasteiger partial charge in [-0.25, -0.2) is 0 Å². The van der Waals surface area contributed by atoms with Crippen LogP contribution >= 0.6 is 0 Å². The van der Waals surface area contributed by atoms with Crippen molar-refractivity contribution in [1.29, 1.82) is 0 Å². The van der Waals surface area contributed by atoms with Crippen molar-refractivity contribution in [3.63, 3.8) is 0 Å². The van der Waals surface area contributed by atoms with Crippen LogP contribution in [0.3, 0.4) is 0 Å². The first-order valence-electron chi connectivity index (χ1n) is 7.55. The standard InChI is InChI=1S/C17H26N2/c1-16(2,3)13-8-7-9-14-15(13)19(4)17(12-18-14)10-5-6-11-17/h7-9,18H,5-6,10-12H2,1-4H3. The number of anilines is 2. The summed E-state index contributed by atoms with van der Waals surface area (Å²) in [5.74, 6) is 0. The highest BCUT2D eigenvalue weighted by Gasteiger charge is 2.42. The minimum atomic E-state index is 0.193. The monoisotopic (exact) mass is 258 g/mol. The molecule has 1 N–H and O–H groups in total. The Balaban J connectivity index is 2.11. The number of likely N-dealkylation sites (N-methyl/N-ethyl adjacent to an activating group) is 1. The number of rotatable bonds is 0. The first-order valence-corrected chi connectivity index (χ1v) is 7.55. The van der Waals surface area contributed by atoms with Crippen LogP contribution in [0.2, 0.25) is 0 Å². The van der Waals surface area contributed by atoms with E-state index in [0.717, 1.165) is 6.54 Å². The lowest BCUT2D eigenvalue weighted by Gasteiger charge is -2.47. The van der Waals surface area contributed by atoms with Crippen LogP contribution in [0, 0.1) is 0 Å². The lowest BCUT2D eigenvalue weighted by molar-refractivity contribution is 0.425. The number of para-hydroxylation sites is 1. The molecule has 19 heavy (non-hydrogen) atoms. The summed E-state index contributed by atoms with van der Waals surface area (Å²) in [5, 5.41) is 3.70. The Bertz CT molecular complexity index is 479. The fraction of sp³-hybridized carbons (Fsp3) is 0.647. The van der Waals surface area contributed by atoms with Crippen LogP contribution in [-0.2, 0) is 5.41 Å². The third-order valence-corrected chi connectivity index (χ3v) is 5.03. The Morgan fingerprint density at radius 3 is 2.47 bits per heavy atom. The molecule has 3 rings (SSSR count). The first-order chi connectivity index (χ1) is 8.94. The van der Waals surface area contributed by atoms with Crippen molar-refractivity contribution in [2.24, 2.45) is 0 Å². The molecule has 1 aromatic carbocycles. The molecule has 1 aliphatic heterocycles. The van der Waals surface area contributed by atoms with E-state index in [4.69, 9.17) is 0 Å². The predicted molar refractivity (Wildman–Crippen MR) is 83.2 cm³/mol. The summed E-state index contributed by atoms with van der Waals surface area (Å²) in [6, 6.07) is 6.71. The Morgan fingerprint density at radius 2 is 1.84 bits per heavy atom. The summed E-state index contributed by atoms with van der Waals surface area (Å²) in [7, 11) is 2.31. The van der Waals surface area contributed by atoms with Gasteiger partial charge in [0.1, 0.15) is 0 Å². The molecule has 0 aromatic heterocycles. The molecule has 1 fully saturated rings. The van der Waals surface area contributed by atoms with E-state index in [9.17, 15) is 0 Å². The van der Waals surface area contributed by atoms with Crippen molar-refractivity contribution >= 4 is 11.4 Å². The van der Waals surface area contributed by atoms with Gasteiger partial charge >= 0.3 is 0 Å². The summed E-state index contributed by atoms with van der Waals surface area (Å²) in [4.78, 5) is 2.59. The van der Waals surface area contributed by atoms with Gasteiger partial charge in [-0.05, 0) is 29.9 Å². The molecule has 0 radical (unpaired) electrons. The fourth-order valence-electron chi connectivity index (χ4n) is 3.81. The molecule has 2 heteroatoms. The molecule has 0 amide bonds. The van der Waals surface area contributed by atoms with Gasteiger partial charge in [-0.15, -0.1) is 0 Å². The van der Waals surface area contributed by atoms with Gasteiger partial charge in [0.2, 0.25) is 0 Å². The molecule has 0 bridgehead atoms. The number of benzene rings is 1. The van der Waals surface area contributed by atoms with E-state index in [2.05, 4.69) is 56.2 Å². The van der Waals surface area contributed by atoms with Crippen molar-refractivity contribution in [3.8, 4) is 0 Å². The highest BCUT2D eigenvalue weighted by atomic mass is 15.2. The Hall–Kier alpha value is -1.18. The van der Waals surface area contributed by atoms with E-state index < -0.39 is 0 Å². The lowest BCUT2D eigenvalue weighted by Crippen LogP contribution is -2.53. The number of nitrogens with one attached hydrogen (secondary N) is 1. The fourth-order valence-corrected chi connectivity index (χ4v) is 3.81. The van der Waals surface area contributed by atoms with E-state index in [1.165, 1.54) is 42.6 Å². The molecule has 1 saturated carbocycles. The van der Waals surface area contributed by atoms with Crippen LogP contribution in [-0.4, -0.2) is 19.1 Å². The minimum Gasteiger partial charge on any atom is -0.381 e. The summed E-state index contributed by atoms with van der Waals surface area (Å²) in [5.41, 5.74) is 4.76. The van der Waals surface area contributed by atoms with Gasteiger partial charge in [0.05, 0.1) is 16.9 Å². The van der Waals surface area contributed by atoms with Crippen molar-refractivity contribution in [2.75, 3.05) is 23.8 Å². The predicted octanol–water partition coefficient (Wildman–Crippen LogP) is 4.16. The topological polar surface area (TPSA) is 15.3 Å². The summed E-state index contributed by atoms with van der Waals surface area (Å²) in [6.45, 7) is 8.04. The van der Waals surface area contributed by atoms with Gasteiger partial charge in [0.25, 0.3) is 0 Å². The average Bonchev–Trinajstić information content (AvgIpc) is 2.82. The Morgan fingerprint density at radius 1 is 1.16 bits per heavy atom. The van der Waals surface area contributed by atoms with Gasteiger partial charge in [0, 0.05) is 13.6 Å². The van der Waals surface area contributed by atoms with Gasteiger partial charge in [-0.1, -0.05) is 45.7 Å². The van der Waals surface area contributed by atoms with Crippen LogP contribution < -0.4 is 10.2 Å². The Labute approximate surface area is 117 Å². The van der Waals surface area contributed by atoms with E-state index in [1.54, 1.807) is 0 Å². The summed E-state index contributed by atoms with van der Waals surface area (Å²) in [6.07, 6.45) is 5.40. The van der Waals surface area contributed by atoms with Crippen LogP contribution in [0.4, 0.5) is 11.4 Å². The molecule has 1 aliphatic carbocycles. The SMILES string of the molecule is CN1c2c(cccc2C(C)(C)C)NCC12CCCC2. The lowest BCUT2D eigenvalue weighted by atomic mass is 9.82. The van der Waals surface area contributed by atoms with Gasteiger partial charge in [-0.2, -0.15) is 0 Å². The Kier molecular flexibility index (Phi) is 2.81. The largest absolute Gasteiger partial charge is 0.381 e. The molecule has 2 nitrogen and oxygen atoms in total. The quantitative estimate of drug-likeness (QED) is 0.751. The minimum absolute atomic E-state index is 0.193. The molecular formula is C17H26N2. The molecule has 1 aromatic rings. The smallest absolute Gasteiger partial charge is 0.0642 e. The maximum absolute atomic E-state index is 3.70. The van der Waals surface area contributed by atoms with E-state index >= 15 is 0 Å². The van der Waals surface area contributed by atoms with Crippen LogP contribution in [0.15, 0.2) is 18.2 Å². The molecule has 104 valence electrons. The van der Waals surface area contributed by atoms with Crippen molar-refractivity contribution < 1.29 is 0 Å². The average molecular weight is 258 g/mol. The summed E-state index contributed by atoms with van der Waals surface area (Å²) < 4.78 is 0. The zero-order chi connectivity index (χ0) is 13.7. The van der Waals surface area contributed by atoms with Crippen molar-refractivity contribution in [1.82, 2.24) is 0 Å². The molecule has 1 spiro atoms. The molecule has 1 heterocycles. The number of fused-ring (bicyclic) bond motifs is 1. The van der Waals surface area contributed by atoms with E-state index in [-0.39, 0.29) is 5.41 Å².